The summed E-state index contributed by atoms with van der Waals surface area (Å²) >= 11 is 0. The van der Waals surface area contributed by atoms with Gasteiger partial charge in [0.1, 0.15) is 11.5 Å². The van der Waals surface area contributed by atoms with E-state index in [0.29, 0.717) is 16.8 Å². The largest absolute Gasteiger partial charge is 0.507 e. The number of hydrogen-bond donors (Lipinski definition) is 5. The third kappa shape index (κ3) is 5.08. The van der Waals surface area contributed by atoms with Crippen molar-refractivity contribution in [3.63, 3.8) is 0 Å². The van der Waals surface area contributed by atoms with Gasteiger partial charge in [-0.2, -0.15) is 5.26 Å². The molecular formula is C25H20N4O5. The van der Waals surface area contributed by atoms with Crippen molar-refractivity contribution >= 4 is 34.9 Å². The maximum Gasteiger partial charge on any atom is 0.337 e. The van der Waals surface area contributed by atoms with Crippen LogP contribution in [0.15, 0.2) is 60.7 Å². The van der Waals surface area contributed by atoms with Gasteiger partial charge in [-0.05, 0) is 29.8 Å². The first-order valence-electron chi connectivity index (χ1n) is 10.1. The molecule has 0 aliphatic heterocycles. The highest BCUT2D eigenvalue weighted by atomic mass is 16.4. The van der Waals surface area contributed by atoms with E-state index in [1.165, 1.54) is 24.3 Å². The van der Waals surface area contributed by atoms with Gasteiger partial charge in [0.15, 0.2) is 0 Å². The molecule has 0 unspecified atom stereocenters. The number of aromatic hydroxyl groups is 1. The van der Waals surface area contributed by atoms with E-state index in [0.717, 1.165) is 6.07 Å². The molecule has 3 aromatic rings. The Labute approximate surface area is 194 Å². The number of hydrogen-bond acceptors (Lipinski definition) is 6. The quantitative estimate of drug-likeness (QED) is 0.338. The van der Waals surface area contributed by atoms with Crippen molar-refractivity contribution in [3.05, 3.63) is 77.4 Å². The number of carbonyl (C=O) groups excluding carboxylic acids is 2. The van der Waals surface area contributed by atoms with E-state index < -0.39 is 23.3 Å². The maximum atomic E-state index is 12.8. The molecule has 9 heteroatoms. The number of phenols is 1. The topological polar surface area (TPSA) is 163 Å². The lowest BCUT2D eigenvalue weighted by Gasteiger charge is -2.16. The van der Waals surface area contributed by atoms with Gasteiger partial charge in [0, 0.05) is 23.6 Å². The van der Waals surface area contributed by atoms with Crippen LogP contribution in [0, 0.1) is 16.7 Å². The molecule has 0 saturated carbocycles. The van der Waals surface area contributed by atoms with Crippen molar-refractivity contribution in [1.82, 2.24) is 0 Å². The molecule has 0 aromatic heterocycles. The highest BCUT2D eigenvalue weighted by Gasteiger charge is 2.22. The van der Waals surface area contributed by atoms with Gasteiger partial charge >= 0.3 is 5.97 Å². The van der Waals surface area contributed by atoms with Crippen LogP contribution in [0.1, 0.15) is 34.8 Å². The summed E-state index contributed by atoms with van der Waals surface area (Å²) < 4.78 is 0. The summed E-state index contributed by atoms with van der Waals surface area (Å²) in [4.78, 5) is 36.3. The smallest absolute Gasteiger partial charge is 0.337 e. The molecule has 34 heavy (non-hydrogen) atoms. The average molecular weight is 456 g/mol. The molecule has 170 valence electrons. The number of carboxylic acids is 1. The van der Waals surface area contributed by atoms with Gasteiger partial charge in [0.05, 0.1) is 28.6 Å². The van der Waals surface area contributed by atoms with Gasteiger partial charge in [-0.3, -0.25) is 15.0 Å². The zero-order valence-electron chi connectivity index (χ0n) is 18.0. The SMILES string of the molecule is CCC(=O)Nc1cc(O)c(C(=N)C(=O)Nc2ccc(C#N)cc2C(=O)O)cc1-c1ccccc1. The first-order chi connectivity index (χ1) is 16.2. The Morgan fingerprint density at radius 3 is 2.29 bits per heavy atom. The Balaban J connectivity index is 2.00. The molecule has 3 rings (SSSR count). The summed E-state index contributed by atoms with van der Waals surface area (Å²) in [5.41, 5.74) is 0.428. The van der Waals surface area contributed by atoms with E-state index in [-0.39, 0.29) is 34.7 Å². The minimum Gasteiger partial charge on any atom is -0.507 e. The van der Waals surface area contributed by atoms with Crippen LogP contribution in [0.4, 0.5) is 11.4 Å². The minimum absolute atomic E-state index is 0.0975. The number of amides is 2. The highest BCUT2D eigenvalue weighted by Crippen LogP contribution is 2.34. The first-order valence-corrected chi connectivity index (χ1v) is 10.1. The number of benzene rings is 3. The molecule has 0 aliphatic rings. The molecule has 0 heterocycles. The van der Waals surface area contributed by atoms with E-state index in [4.69, 9.17) is 10.7 Å². The van der Waals surface area contributed by atoms with E-state index in [1.54, 1.807) is 31.2 Å². The summed E-state index contributed by atoms with van der Waals surface area (Å²) in [5, 5.41) is 42.3. The number of phenolic OH excluding ortho intramolecular Hbond substituents is 1. The lowest BCUT2D eigenvalue weighted by Crippen LogP contribution is -2.24. The van der Waals surface area contributed by atoms with Crippen LogP contribution >= 0.6 is 0 Å². The van der Waals surface area contributed by atoms with Crippen LogP contribution in [-0.2, 0) is 9.59 Å². The lowest BCUT2D eigenvalue weighted by molar-refractivity contribution is -0.116. The van der Waals surface area contributed by atoms with E-state index in [9.17, 15) is 24.6 Å². The summed E-state index contributed by atoms with van der Waals surface area (Å²) in [6, 6.07) is 17.1. The number of nitrogens with one attached hydrogen (secondary N) is 3. The van der Waals surface area contributed by atoms with Gasteiger partial charge in [0.2, 0.25) is 5.91 Å². The average Bonchev–Trinajstić information content (AvgIpc) is 2.84. The second kappa shape index (κ2) is 10.1. The Bertz CT molecular complexity index is 1340. The summed E-state index contributed by atoms with van der Waals surface area (Å²) in [6.07, 6.45) is 0.214. The van der Waals surface area contributed by atoms with Crippen molar-refractivity contribution in [2.45, 2.75) is 13.3 Å². The van der Waals surface area contributed by atoms with Crippen LogP contribution in [0.3, 0.4) is 0 Å². The van der Waals surface area contributed by atoms with Crippen LogP contribution < -0.4 is 10.6 Å². The Morgan fingerprint density at radius 1 is 0.971 bits per heavy atom. The number of carbonyl (C=O) groups is 3. The molecule has 9 nitrogen and oxygen atoms in total. The predicted molar refractivity (Wildman–Crippen MR) is 126 cm³/mol. The van der Waals surface area contributed by atoms with Gasteiger partial charge < -0.3 is 20.8 Å². The predicted octanol–water partition coefficient (Wildman–Crippen LogP) is 3.98. The zero-order valence-corrected chi connectivity index (χ0v) is 18.0. The Hall–Kier alpha value is -4.97. The fourth-order valence-electron chi connectivity index (χ4n) is 3.19. The van der Waals surface area contributed by atoms with Crippen molar-refractivity contribution in [2.75, 3.05) is 10.6 Å². The van der Waals surface area contributed by atoms with Crippen molar-refractivity contribution in [1.29, 1.82) is 10.7 Å². The first kappa shape index (κ1) is 23.7. The summed E-state index contributed by atoms with van der Waals surface area (Å²) in [6.45, 7) is 1.68. The van der Waals surface area contributed by atoms with Gasteiger partial charge in [-0.1, -0.05) is 37.3 Å². The third-order valence-electron chi connectivity index (χ3n) is 4.94. The fourth-order valence-corrected chi connectivity index (χ4v) is 3.19. The molecule has 3 aromatic carbocycles. The van der Waals surface area contributed by atoms with E-state index in [2.05, 4.69) is 10.6 Å². The monoisotopic (exact) mass is 456 g/mol. The molecule has 2 amide bonds. The normalized spacial score (nSPS) is 10.1. The lowest BCUT2D eigenvalue weighted by atomic mass is 9.97. The third-order valence-corrected chi connectivity index (χ3v) is 4.94. The van der Waals surface area contributed by atoms with Crippen molar-refractivity contribution in [2.24, 2.45) is 0 Å². The zero-order chi connectivity index (χ0) is 24.8. The molecule has 0 radical (unpaired) electrons. The van der Waals surface area contributed by atoms with Crippen LogP contribution in [-0.4, -0.2) is 33.7 Å². The standard InChI is InChI=1S/C25H20N4O5/c1-2-22(31)28-20-12-21(30)18(11-16(20)15-6-4-3-5-7-15)23(27)24(32)29-19-9-8-14(13-26)10-17(19)25(33)34/h3-12,27,30H,2H2,1H3,(H,28,31)(H,29,32)(H,33,34). The maximum absolute atomic E-state index is 12.8. The van der Waals surface area contributed by atoms with Crippen molar-refractivity contribution in [3.8, 4) is 22.9 Å². The number of aromatic carboxylic acids is 1. The molecule has 0 fully saturated rings. The second-order valence-corrected chi connectivity index (χ2v) is 7.19. The number of nitriles is 1. The summed E-state index contributed by atoms with van der Waals surface area (Å²) in [7, 11) is 0. The molecular weight excluding hydrogens is 436 g/mol. The number of anilines is 2. The van der Waals surface area contributed by atoms with E-state index in [1.807, 2.05) is 12.1 Å². The fraction of sp³-hybridized carbons (Fsp3) is 0.0800. The second-order valence-electron chi connectivity index (χ2n) is 7.19. The summed E-state index contributed by atoms with van der Waals surface area (Å²) in [5.74, 6) is -3.01. The highest BCUT2D eigenvalue weighted by molar-refractivity contribution is 6.48. The van der Waals surface area contributed by atoms with Crippen molar-refractivity contribution < 1.29 is 24.6 Å². The minimum atomic E-state index is -1.36. The van der Waals surface area contributed by atoms with Gasteiger partial charge in [-0.25, -0.2) is 4.79 Å². The molecule has 0 spiro atoms. The Morgan fingerprint density at radius 2 is 1.68 bits per heavy atom. The van der Waals surface area contributed by atoms with Crippen LogP contribution in [0.2, 0.25) is 0 Å². The number of carboxylic acid groups (broad SMARTS) is 1. The molecule has 5 N–H and O–H groups in total. The van der Waals surface area contributed by atoms with Crippen LogP contribution in [0.25, 0.3) is 11.1 Å². The molecule has 0 atom stereocenters. The van der Waals surface area contributed by atoms with E-state index >= 15 is 0 Å². The van der Waals surface area contributed by atoms with Gasteiger partial charge in [-0.15, -0.1) is 0 Å². The molecule has 0 aliphatic carbocycles. The molecule has 0 saturated heterocycles. The number of rotatable bonds is 7. The van der Waals surface area contributed by atoms with Gasteiger partial charge in [0.25, 0.3) is 5.91 Å². The van der Waals surface area contributed by atoms with Crippen LogP contribution in [0.5, 0.6) is 5.75 Å². The number of nitrogens with zero attached hydrogens (tertiary/aromatic N) is 1. The molecule has 0 bridgehead atoms. The Kier molecular flexibility index (Phi) is 7.04.